The number of ketones is 1. The Labute approximate surface area is 256 Å². The Morgan fingerprint density at radius 2 is 1.80 bits per heavy atom. The molecule has 3 atom stereocenters. The van der Waals surface area contributed by atoms with E-state index < -0.39 is 23.8 Å². The number of hydrogen-bond donors (Lipinski definition) is 1. The van der Waals surface area contributed by atoms with Crippen LogP contribution in [0.4, 0.5) is 10.6 Å². The summed E-state index contributed by atoms with van der Waals surface area (Å²) in [6, 6.07) is 11.1. The van der Waals surface area contributed by atoms with Crippen molar-refractivity contribution in [1.29, 1.82) is 0 Å². The molecule has 1 aliphatic heterocycles. The zero-order chi connectivity index (χ0) is 31.8. The summed E-state index contributed by atoms with van der Waals surface area (Å²) in [7, 11) is 0. The molecule has 2 amide bonds. The Balaban J connectivity index is 1.58. The number of amides is 2. The lowest BCUT2D eigenvalue weighted by atomic mass is 9.98. The number of aromatic nitrogens is 4. The van der Waals surface area contributed by atoms with Gasteiger partial charge < -0.3 is 20.3 Å². The average Bonchev–Trinajstić information content (AvgIpc) is 3.37. The number of anilines is 1. The van der Waals surface area contributed by atoms with Crippen molar-refractivity contribution in [3.63, 3.8) is 0 Å². The van der Waals surface area contributed by atoms with Crippen molar-refractivity contribution in [2.45, 2.75) is 64.8 Å². The van der Waals surface area contributed by atoms with Crippen LogP contribution >= 0.6 is 0 Å². The van der Waals surface area contributed by atoms with E-state index >= 15 is 0 Å². The molecule has 2 N–H and O–H groups in total. The number of carbonyl (C=O) groups is 3. The highest BCUT2D eigenvalue weighted by atomic mass is 16.6. The van der Waals surface area contributed by atoms with Crippen LogP contribution in [0.2, 0.25) is 0 Å². The molecule has 2 unspecified atom stereocenters. The van der Waals surface area contributed by atoms with Gasteiger partial charge in [0.1, 0.15) is 34.5 Å². The van der Waals surface area contributed by atoms with Gasteiger partial charge in [0, 0.05) is 48.0 Å². The Morgan fingerprint density at radius 1 is 1.07 bits per heavy atom. The largest absolute Gasteiger partial charge is 0.444 e. The summed E-state index contributed by atoms with van der Waals surface area (Å²) < 4.78 is 7.54. The van der Waals surface area contributed by atoms with Crippen molar-refractivity contribution in [1.82, 2.24) is 29.2 Å². The monoisotopic (exact) mass is 595 g/mol. The highest BCUT2D eigenvalue weighted by Crippen LogP contribution is 2.38. The Bertz CT molecular complexity index is 1710. The lowest BCUT2D eigenvalue weighted by Gasteiger charge is -2.48. The Hall–Kier alpha value is -5.06. The zero-order valence-electron chi connectivity index (χ0n) is 25.6. The van der Waals surface area contributed by atoms with Gasteiger partial charge in [0.25, 0.3) is 0 Å². The first-order valence-electron chi connectivity index (χ1n) is 14.5. The van der Waals surface area contributed by atoms with Gasteiger partial charge in [0.15, 0.2) is 5.78 Å². The third kappa shape index (κ3) is 5.90. The molecule has 0 radical (unpaired) electrons. The first-order chi connectivity index (χ1) is 20.9. The van der Waals surface area contributed by atoms with E-state index in [0.717, 1.165) is 0 Å². The average molecular weight is 596 g/mol. The minimum absolute atomic E-state index is 0.0577. The molecule has 44 heavy (non-hydrogen) atoms. The second kappa shape index (κ2) is 11.9. The summed E-state index contributed by atoms with van der Waals surface area (Å²) in [5, 5.41) is 0. The van der Waals surface area contributed by atoms with Gasteiger partial charge >= 0.3 is 6.09 Å². The first-order valence-corrected chi connectivity index (χ1v) is 14.5. The molecule has 1 aromatic carbocycles. The molecule has 1 saturated heterocycles. The number of carbonyl (C=O) groups excluding carboxylic acids is 3. The maximum absolute atomic E-state index is 13.3. The number of fused-ring (bicyclic) bond motifs is 1. The van der Waals surface area contributed by atoms with E-state index in [4.69, 9.17) is 15.5 Å². The van der Waals surface area contributed by atoms with Crippen molar-refractivity contribution in [3.8, 4) is 11.3 Å². The molecule has 4 aromatic rings. The molecule has 11 heteroatoms. The minimum atomic E-state index is -0.692. The summed E-state index contributed by atoms with van der Waals surface area (Å²) >= 11 is 0. The zero-order valence-corrected chi connectivity index (χ0v) is 25.6. The highest BCUT2D eigenvalue weighted by molar-refractivity contribution is 5.98. The molecule has 11 nitrogen and oxygen atoms in total. The Morgan fingerprint density at radius 3 is 2.43 bits per heavy atom. The van der Waals surface area contributed by atoms with E-state index in [1.165, 1.54) is 6.08 Å². The summed E-state index contributed by atoms with van der Waals surface area (Å²) in [5.74, 6) is 0.410. The third-order valence-electron chi connectivity index (χ3n) is 7.66. The van der Waals surface area contributed by atoms with Gasteiger partial charge in [-0.1, -0.05) is 36.9 Å². The summed E-state index contributed by atoms with van der Waals surface area (Å²) in [6.07, 6.45) is 5.96. The number of Topliss-reactive ketones (excluding diaryl/α,β-unsaturated/α-hetero) is 1. The van der Waals surface area contributed by atoms with Gasteiger partial charge in [-0.05, 0) is 52.8 Å². The molecule has 3 aromatic heterocycles. The number of pyridine rings is 1. The standard InChI is InChI=1S/C33H37N7O4/c1-7-26(42)40-20(2)19-39(32(43)44-33(4,5)6)21(3)28(40)31-37-27(29-30(34)36-16-17-38(29)31)23-13-11-22(12-14-23)25(41)18-24-10-8-9-15-35-24/h7-17,20-21,28H,1,18-19H2,2-6H3,(H2,34,36)/t20?,21-,28?/m0/s1. The highest BCUT2D eigenvalue weighted by Gasteiger charge is 2.45. The molecule has 1 fully saturated rings. The number of benzene rings is 1. The van der Waals surface area contributed by atoms with E-state index in [2.05, 4.69) is 16.5 Å². The maximum Gasteiger partial charge on any atom is 0.410 e. The molecule has 4 heterocycles. The molecule has 1 aliphatic rings. The Kier molecular flexibility index (Phi) is 8.23. The summed E-state index contributed by atoms with van der Waals surface area (Å²) in [5.41, 5.74) is 8.76. The summed E-state index contributed by atoms with van der Waals surface area (Å²) in [4.78, 5) is 56.5. The predicted octanol–water partition coefficient (Wildman–Crippen LogP) is 4.88. The van der Waals surface area contributed by atoms with Crippen molar-refractivity contribution in [2.24, 2.45) is 0 Å². The molecular formula is C33H37N7O4. The van der Waals surface area contributed by atoms with Crippen LogP contribution < -0.4 is 5.73 Å². The predicted molar refractivity (Wildman–Crippen MR) is 167 cm³/mol. The molecule has 0 bridgehead atoms. The third-order valence-corrected chi connectivity index (χ3v) is 7.66. The van der Waals surface area contributed by atoms with Gasteiger partial charge in [0.2, 0.25) is 5.91 Å². The van der Waals surface area contributed by atoms with Gasteiger partial charge in [-0.2, -0.15) is 0 Å². The summed E-state index contributed by atoms with van der Waals surface area (Å²) in [6.45, 7) is 13.2. The fourth-order valence-electron chi connectivity index (χ4n) is 5.66. The van der Waals surface area contributed by atoms with Gasteiger partial charge in [-0.3, -0.25) is 19.0 Å². The van der Waals surface area contributed by atoms with Crippen LogP contribution in [0.3, 0.4) is 0 Å². The normalized spacial score (nSPS) is 18.7. The lowest BCUT2D eigenvalue weighted by Crippen LogP contribution is -2.61. The van der Waals surface area contributed by atoms with Crippen LogP contribution in [0.1, 0.15) is 62.5 Å². The van der Waals surface area contributed by atoms with E-state index in [1.807, 2.05) is 69.4 Å². The number of hydrogen-bond acceptors (Lipinski definition) is 8. The molecule has 0 spiro atoms. The van der Waals surface area contributed by atoms with Crippen molar-refractivity contribution in [2.75, 3.05) is 12.3 Å². The minimum Gasteiger partial charge on any atom is -0.444 e. The van der Waals surface area contributed by atoms with E-state index in [9.17, 15) is 14.4 Å². The van der Waals surface area contributed by atoms with Crippen molar-refractivity contribution in [3.05, 3.63) is 90.8 Å². The number of imidazole rings is 1. The lowest BCUT2D eigenvalue weighted by molar-refractivity contribution is -0.137. The van der Waals surface area contributed by atoms with Crippen LogP contribution in [-0.4, -0.2) is 71.2 Å². The van der Waals surface area contributed by atoms with Crippen LogP contribution in [0.5, 0.6) is 0 Å². The number of nitrogens with zero attached hydrogens (tertiary/aromatic N) is 6. The maximum atomic E-state index is 13.3. The van der Waals surface area contributed by atoms with Crippen LogP contribution in [-0.2, 0) is 16.0 Å². The fraction of sp³-hybridized carbons (Fsp3) is 0.333. The smallest absolute Gasteiger partial charge is 0.410 e. The number of nitrogen functional groups attached to an aromatic ring is 1. The SMILES string of the molecule is C=CC(=O)N1C(C)CN(C(=O)OC(C)(C)C)[C@@H](C)C1c1nc(-c2ccc(C(=O)Cc3ccccn3)cc2)c2c(N)nccn12. The second-order valence-corrected chi connectivity index (χ2v) is 12.0. The molecule has 5 rings (SSSR count). The molecule has 0 saturated carbocycles. The van der Waals surface area contributed by atoms with E-state index in [-0.39, 0.29) is 36.5 Å². The number of nitrogens with two attached hydrogens (primary N) is 1. The number of piperazine rings is 1. The number of ether oxygens (including phenoxy) is 1. The van der Waals surface area contributed by atoms with Crippen LogP contribution in [0, 0.1) is 0 Å². The molecule has 0 aliphatic carbocycles. The van der Waals surface area contributed by atoms with Crippen LogP contribution in [0.25, 0.3) is 16.8 Å². The van der Waals surface area contributed by atoms with Gasteiger partial charge in [-0.15, -0.1) is 0 Å². The van der Waals surface area contributed by atoms with Crippen molar-refractivity contribution < 1.29 is 19.1 Å². The second-order valence-electron chi connectivity index (χ2n) is 12.0. The van der Waals surface area contributed by atoms with Gasteiger partial charge in [-0.25, -0.2) is 14.8 Å². The topological polar surface area (TPSA) is 136 Å². The number of rotatable bonds is 6. The molecule has 228 valence electrons. The molecular weight excluding hydrogens is 558 g/mol. The van der Waals surface area contributed by atoms with Crippen molar-refractivity contribution >= 4 is 29.1 Å². The van der Waals surface area contributed by atoms with E-state index in [0.29, 0.717) is 33.9 Å². The first kappa shape index (κ1) is 30.4. The fourth-order valence-corrected chi connectivity index (χ4v) is 5.66. The van der Waals surface area contributed by atoms with Gasteiger partial charge in [0.05, 0.1) is 12.5 Å². The van der Waals surface area contributed by atoms with E-state index in [1.54, 1.807) is 40.5 Å². The quantitative estimate of drug-likeness (QED) is 0.246. The van der Waals surface area contributed by atoms with Crippen LogP contribution in [0.15, 0.2) is 73.7 Å².